The van der Waals surface area contributed by atoms with Crippen molar-refractivity contribution in [2.45, 2.75) is 12.8 Å². The predicted octanol–water partition coefficient (Wildman–Crippen LogP) is 2.22. The van der Waals surface area contributed by atoms with Gasteiger partial charge >= 0.3 is 5.97 Å². The van der Waals surface area contributed by atoms with Gasteiger partial charge in [-0.2, -0.15) is 4.37 Å². The van der Waals surface area contributed by atoms with Crippen LogP contribution in [0.3, 0.4) is 0 Å². The third-order valence-electron chi connectivity index (χ3n) is 1.98. The third kappa shape index (κ3) is 2.44. The lowest BCUT2D eigenvalue weighted by atomic mass is 10.2. The molecule has 2 aromatic rings. The zero-order valence-electron chi connectivity index (χ0n) is 7.84. The summed E-state index contributed by atoms with van der Waals surface area (Å²) >= 11 is 1.23. The maximum Gasteiger partial charge on any atom is 0.355 e. The fourth-order valence-corrected chi connectivity index (χ4v) is 1.94. The van der Waals surface area contributed by atoms with Crippen molar-refractivity contribution in [1.29, 1.82) is 0 Å². The van der Waals surface area contributed by atoms with Gasteiger partial charge in [-0.25, -0.2) is 4.79 Å². The Hall–Kier alpha value is -1.62. The van der Waals surface area contributed by atoms with Gasteiger partial charge in [0.25, 0.3) is 0 Å². The van der Waals surface area contributed by atoms with Crippen LogP contribution in [0.4, 0.5) is 0 Å². The molecule has 0 bridgehead atoms. The zero-order valence-corrected chi connectivity index (χ0v) is 8.66. The quantitative estimate of drug-likeness (QED) is 0.863. The highest BCUT2D eigenvalue weighted by atomic mass is 32.1. The minimum Gasteiger partial charge on any atom is -0.476 e. The fraction of sp³-hybridized carbons (Fsp3) is 0.200. The molecule has 0 fully saturated rings. The second kappa shape index (κ2) is 4.27. The Morgan fingerprint density at radius 1 is 1.53 bits per heavy atom. The van der Waals surface area contributed by atoms with Gasteiger partial charge in [-0.05, 0) is 36.2 Å². The lowest BCUT2D eigenvalue weighted by molar-refractivity contribution is 0.0692. The van der Waals surface area contributed by atoms with E-state index in [1.54, 1.807) is 12.3 Å². The number of rotatable bonds is 4. The minimum atomic E-state index is -0.976. The minimum absolute atomic E-state index is 0.120. The van der Waals surface area contributed by atoms with E-state index in [2.05, 4.69) is 4.37 Å². The van der Waals surface area contributed by atoms with Gasteiger partial charge in [0.05, 0.1) is 6.26 Å². The highest BCUT2D eigenvalue weighted by molar-refractivity contribution is 7.05. The molecule has 78 valence electrons. The number of aromatic carboxylic acids is 1. The van der Waals surface area contributed by atoms with Crippen LogP contribution in [0.5, 0.6) is 0 Å². The maximum atomic E-state index is 10.6. The third-order valence-corrected chi connectivity index (χ3v) is 2.82. The highest BCUT2D eigenvalue weighted by Gasteiger charge is 2.08. The first-order valence-corrected chi connectivity index (χ1v) is 5.24. The molecule has 0 unspecified atom stereocenters. The molecule has 5 heteroatoms. The number of hydrogen-bond donors (Lipinski definition) is 1. The SMILES string of the molecule is O=C(O)c1cc(CCc2ccco2)sn1. The smallest absolute Gasteiger partial charge is 0.355 e. The van der Waals surface area contributed by atoms with Gasteiger partial charge < -0.3 is 9.52 Å². The van der Waals surface area contributed by atoms with Crippen molar-refractivity contribution in [3.63, 3.8) is 0 Å². The number of carboxylic acids is 1. The Bertz CT molecular complexity index is 447. The Balaban J connectivity index is 1.96. The molecule has 0 aliphatic rings. The molecule has 0 atom stereocenters. The number of furan rings is 1. The van der Waals surface area contributed by atoms with E-state index in [0.29, 0.717) is 0 Å². The Labute approximate surface area is 90.3 Å². The van der Waals surface area contributed by atoms with Gasteiger partial charge in [0.15, 0.2) is 5.69 Å². The van der Waals surface area contributed by atoms with Gasteiger partial charge in [0.2, 0.25) is 0 Å². The van der Waals surface area contributed by atoms with Crippen molar-refractivity contribution in [1.82, 2.24) is 4.37 Å². The summed E-state index contributed by atoms with van der Waals surface area (Å²) in [5.41, 5.74) is 0.120. The molecule has 0 aliphatic carbocycles. The molecule has 0 aliphatic heterocycles. The summed E-state index contributed by atoms with van der Waals surface area (Å²) in [6.07, 6.45) is 3.16. The van der Waals surface area contributed by atoms with Crippen LogP contribution in [0.1, 0.15) is 21.1 Å². The summed E-state index contributed by atoms with van der Waals surface area (Å²) in [4.78, 5) is 11.5. The number of carbonyl (C=O) groups is 1. The van der Waals surface area contributed by atoms with Crippen LogP contribution in [0.25, 0.3) is 0 Å². The molecule has 2 aromatic heterocycles. The van der Waals surface area contributed by atoms with Crippen LogP contribution in [0.15, 0.2) is 28.9 Å². The van der Waals surface area contributed by atoms with E-state index in [1.165, 1.54) is 11.5 Å². The zero-order chi connectivity index (χ0) is 10.7. The lowest BCUT2D eigenvalue weighted by Crippen LogP contribution is -1.94. The molecule has 0 amide bonds. The molecule has 2 rings (SSSR count). The Morgan fingerprint density at radius 3 is 3.00 bits per heavy atom. The number of nitrogens with zero attached hydrogens (tertiary/aromatic N) is 1. The van der Waals surface area contributed by atoms with Crippen molar-refractivity contribution in [2.75, 3.05) is 0 Å². The molecule has 0 aromatic carbocycles. The number of aryl methyl sites for hydroxylation is 2. The number of aromatic nitrogens is 1. The van der Waals surface area contributed by atoms with E-state index in [9.17, 15) is 4.79 Å². The summed E-state index contributed by atoms with van der Waals surface area (Å²) in [6.45, 7) is 0. The highest BCUT2D eigenvalue weighted by Crippen LogP contribution is 2.13. The largest absolute Gasteiger partial charge is 0.476 e. The van der Waals surface area contributed by atoms with Crippen molar-refractivity contribution < 1.29 is 14.3 Å². The number of hydrogen-bond acceptors (Lipinski definition) is 4. The van der Waals surface area contributed by atoms with Gasteiger partial charge in [-0.1, -0.05) is 0 Å². The summed E-state index contributed by atoms with van der Waals surface area (Å²) in [5, 5.41) is 8.68. The first-order valence-electron chi connectivity index (χ1n) is 4.47. The second-order valence-electron chi connectivity index (χ2n) is 3.06. The fourth-order valence-electron chi connectivity index (χ4n) is 1.23. The van der Waals surface area contributed by atoms with E-state index in [4.69, 9.17) is 9.52 Å². The monoisotopic (exact) mass is 223 g/mol. The van der Waals surface area contributed by atoms with E-state index < -0.39 is 5.97 Å². The summed E-state index contributed by atoms with van der Waals surface area (Å²) in [5.74, 6) is -0.0734. The topological polar surface area (TPSA) is 63.3 Å². The summed E-state index contributed by atoms with van der Waals surface area (Å²) in [6, 6.07) is 5.35. The van der Waals surface area contributed by atoms with Crippen LogP contribution in [-0.4, -0.2) is 15.4 Å². The Morgan fingerprint density at radius 2 is 2.40 bits per heavy atom. The molecule has 0 saturated carbocycles. The number of carboxylic acid groups (broad SMARTS) is 1. The van der Waals surface area contributed by atoms with E-state index in [1.807, 2.05) is 12.1 Å². The van der Waals surface area contributed by atoms with E-state index in [-0.39, 0.29) is 5.69 Å². The van der Waals surface area contributed by atoms with Crippen LogP contribution < -0.4 is 0 Å². The van der Waals surface area contributed by atoms with Crippen LogP contribution >= 0.6 is 11.5 Å². The predicted molar refractivity (Wildman–Crippen MR) is 55.2 cm³/mol. The molecule has 4 nitrogen and oxygen atoms in total. The van der Waals surface area contributed by atoms with Crippen LogP contribution in [-0.2, 0) is 12.8 Å². The Kier molecular flexibility index (Phi) is 2.82. The maximum absolute atomic E-state index is 10.6. The van der Waals surface area contributed by atoms with Gasteiger partial charge in [0, 0.05) is 11.3 Å². The molecule has 0 radical (unpaired) electrons. The van der Waals surface area contributed by atoms with Crippen molar-refractivity contribution in [3.05, 3.63) is 40.8 Å². The molecule has 1 N–H and O–H groups in total. The average Bonchev–Trinajstić information content (AvgIpc) is 2.86. The molecule has 2 heterocycles. The van der Waals surface area contributed by atoms with Gasteiger partial charge in [0.1, 0.15) is 5.76 Å². The molecule has 0 spiro atoms. The molecular weight excluding hydrogens is 214 g/mol. The van der Waals surface area contributed by atoms with Crippen molar-refractivity contribution in [3.8, 4) is 0 Å². The van der Waals surface area contributed by atoms with Crippen LogP contribution in [0.2, 0.25) is 0 Å². The van der Waals surface area contributed by atoms with Crippen LogP contribution in [0, 0.1) is 0 Å². The lowest BCUT2D eigenvalue weighted by Gasteiger charge is -1.92. The standard InChI is InChI=1S/C10H9NO3S/c12-10(13)9-6-8(15-11-9)4-3-7-2-1-5-14-7/h1-2,5-6H,3-4H2,(H,12,13). The van der Waals surface area contributed by atoms with E-state index >= 15 is 0 Å². The van der Waals surface area contributed by atoms with Gasteiger partial charge in [-0.15, -0.1) is 0 Å². The molecular formula is C10H9NO3S. The molecule has 15 heavy (non-hydrogen) atoms. The van der Waals surface area contributed by atoms with Gasteiger partial charge in [-0.3, -0.25) is 0 Å². The summed E-state index contributed by atoms with van der Waals surface area (Å²) < 4.78 is 9.00. The first-order chi connectivity index (χ1) is 7.25. The van der Waals surface area contributed by atoms with Crippen molar-refractivity contribution >= 4 is 17.5 Å². The average molecular weight is 223 g/mol. The molecule has 0 saturated heterocycles. The normalized spacial score (nSPS) is 10.4. The van der Waals surface area contributed by atoms with E-state index in [0.717, 1.165) is 23.5 Å². The second-order valence-corrected chi connectivity index (χ2v) is 3.95. The van der Waals surface area contributed by atoms with Crippen molar-refractivity contribution in [2.24, 2.45) is 0 Å². The first kappa shape index (κ1) is 9.92. The summed E-state index contributed by atoms with van der Waals surface area (Å²) in [7, 11) is 0.